The Morgan fingerprint density at radius 2 is 2.00 bits per heavy atom. The predicted molar refractivity (Wildman–Crippen MR) is 84.0 cm³/mol. The largest absolute Gasteiger partial charge is 0.497 e. The van der Waals surface area contributed by atoms with Crippen molar-refractivity contribution in [2.24, 2.45) is 5.73 Å². The molecule has 0 amide bonds. The highest BCUT2D eigenvalue weighted by Crippen LogP contribution is 2.28. The highest BCUT2D eigenvalue weighted by molar-refractivity contribution is 9.10. The van der Waals surface area contributed by atoms with E-state index in [0.717, 1.165) is 15.8 Å². The Morgan fingerprint density at radius 3 is 2.67 bits per heavy atom. The maximum Gasteiger partial charge on any atom is 0.124 e. The Labute approximate surface area is 132 Å². The van der Waals surface area contributed by atoms with Gasteiger partial charge in [0.1, 0.15) is 23.9 Å². The summed E-state index contributed by atoms with van der Waals surface area (Å²) in [7, 11) is 1.61. The summed E-state index contributed by atoms with van der Waals surface area (Å²) in [4.78, 5) is 0. The van der Waals surface area contributed by atoms with Gasteiger partial charge in [0.2, 0.25) is 0 Å². The molecule has 0 heterocycles. The van der Waals surface area contributed by atoms with E-state index in [1.165, 1.54) is 12.1 Å². The van der Waals surface area contributed by atoms with Crippen LogP contribution in [0.5, 0.6) is 11.5 Å². The Balaban J connectivity index is 2.20. The molecule has 1 atom stereocenters. The summed E-state index contributed by atoms with van der Waals surface area (Å²) in [5.74, 6) is 1.02. The first-order valence-corrected chi connectivity index (χ1v) is 7.31. The molecule has 0 bridgehead atoms. The molecule has 0 aromatic heterocycles. The van der Waals surface area contributed by atoms with E-state index >= 15 is 0 Å². The summed E-state index contributed by atoms with van der Waals surface area (Å²) in [6, 6.07) is 9.71. The second-order valence-electron chi connectivity index (χ2n) is 4.72. The third kappa shape index (κ3) is 3.95. The molecule has 0 aliphatic rings. The van der Waals surface area contributed by atoms with Crippen LogP contribution < -0.4 is 15.2 Å². The zero-order valence-electron chi connectivity index (χ0n) is 11.9. The summed E-state index contributed by atoms with van der Waals surface area (Å²) >= 11 is 3.47. The van der Waals surface area contributed by atoms with E-state index in [1.807, 2.05) is 18.2 Å². The number of hydrogen-bond acceptors (Lipinski definition) is 3. The summed E-state index contributed by atoms with van der Waals surface area (Å²) < 4.78 is 25.2. The van der Waals surface area contributed by atoms with E-state index in [2.05, 4.69) is 15.9 Å². The Morgan fingerprint density at radius 1 is 1.24 bits per heavy atom. The molecule has 0 saturated carbocycles. The lowest BCUT2D eigenvalue weighted by atomic mass is 10.1. The molecule has 0 aliphatic carbocycles. The maximum absolute atomic E-state index is 13.3. The molecule has 0 fully saturated rings. The van der Waals surface area contributed by atoms with Crippen LogP contribution in [0.2, 0.25) is 0 Å². The van der Waals surface area contributed by atoms with Gasteiger partial charge in [0.05, 0.1) is 7.11 Å². The fourth-order valence-corrected chi connectivity index (χ4v) is 2.31. The van der Waals surface area contributed by atoms with Crippen LogP contribution in [-0.2, 0) is 6.61 Å². The van der Waals surface area contributed by atoms with Gasteiger partial charge >= 0.3 is 0 Å². The normalized spacial score (nSPS) is 12.0. The van der Waals surface area contributed by atoms with Crippen LogP contribution >= 0.6 is 15.9 Å². The molecule has 0 saturated heterocycles. The topological polar surface area (TPSA) is 44.5 Å². The van der Waals surface area contributed by atoms with Gasteiger partial charge in [-0.2, -0.15) is 0 Å². The number of hydrogen-bond donors (Lipinski definition) is 1. The molecule has 5 heteroatoms. The summed E-state index contributed by atoms with van der Waals surface area (Å²) in [6.07, 6.45) is 0. The van der Waals surface area contributed by atoms with Gasteiger partial charge < -0.3 is 15.2 Å². The number of methoxy groups -OCH3 is 1. The summed E-state index contributed by atoms with van der Waals surface area (Å²) in [6.45, 7) is 2.13. The first-order chi connectivity index (χ1) is 10.0. The third-order valence-electron chi connectivity index (χ3n) is 3.10. The van der Waals surface area contributed by atoms with Crippen LogP contribution in [0.4, 0.5) is 4.39 Å². The summed E-state index contributed by atoms with van der Waals surface area (Å²) in [5, 5.41) is 0. The zero-order valence-corrected chi connectivity index (χ0v) is 13.5. The van der Waals surface area contributed by atoms with E-state index in [-0.39, 0.29) is 11.9 Å². The first-order valence-electron chi connectivity index (χ1n) is 6.51. The van der Waals surface area contributed by atoms with Gasteiger partial charge in [0.25, 0.3) is 0 Å². The minimum atomic E-state index is -0.322. The molecule has 21 heavy (non-hydrogen) atoms. The smallest absolute Gasteiger partial charge is 0.124 e. The lowest BCUT2D eigenvalue weighted by Gasteiger charge is -2.15. The van der Waals surface area contributed by atoms with E-state index < -0.39 is 0 Å². The molecule has 2 rings (SSSR count). The van der Waals surface area contributed by atoms with Gasteiger partial charge in [-0.3, -0.25) is 0 Å². The predicted octanol–water partition coefficient (Wildman–Crippen LogP) is 4.20. The summed E-state index contributed by atoms with van der Waals surface area (Å²) in [5.41, 5.74) is 7.44. The third-order valence-corrected chi connectivity index (χ3v) is 3.87. The average molecular weight is 354 g/mol. The molecule has 2 aromatic carbocycles. The van der Waals surface area contributed by atoms with Gasteiger partial charge in [0.15, 0.2) is 0 Å². The monoisotopic (exact) mass is 353 g/mol. The van der Waals surface area contributed by atoms with Gasteiger partial charge in [-0.25, -0.2) is 4.39 Å². The van der Waals surface area contributed by atoms with Crippen molar-refractivity contribution in [1.29, 1.82) is 0 Å². The molecule has 0 radical (unpaired) electrons. The van der Waals surface area contributed by atoms with Crippen LogP contribution in [0.15, 0.2) is 40.9 Å². The minimum absolute atomic E-state index is 0.301. The lowest BCUT2D eigenvalue weighted by molar-refractivity contribution is 0.299. The molecule has 112 valence electrons. The standard InChI is InChI=1S/C16H17BrFNO2/c1-10(19)14-8-12(18)3-6-16(14)21-9-11-7-13(20-2)4-5-15(11)17/h3-8,10H,9,19H2,1-2H3/t10-/m1/s1. The quantitative estimate of drug-likeness (QED) is 0.876. The van der Waals surface area contributed by atoms with Crippen molar-refractivity contribution >= 4 is 15.9 Å². The molecule has 0 spiro atoms. The van der Waals surface area contributed by atoms with Crippen LogP contribution in [0, 0.1) is 5.82 Å². The van der Waals surface area contributed by atoms with Crippen molar-refractivity contribution in [3.63, 3.8) is 0 Å². The number of ether oxygens (including phenoxy) is 2. The average Bonchev–Trinajstić information content (AvgIpc) is 2.47. The van der Waals surface area contributed by atoms with E-state index in [1.54, 1.807) is 20.1 Å². The fourth-order valence-electron chi connectivity index (χ4n) is 1.95. The van der Waals surface area contributed by atoms with E-state index in [4.69, 9.17) is 15.2 Å². The van der Waals surface area contributed by atoms with Gasteiger partial charge in [-0.15, -0.1) is 0 Å². The van der Waals surface area contributed by atoms with Gasteiger partial charge in [0, 0.05) is 21.6 Å². The van der Waals surface area contributed by atoms with Gasteiger partial charge in [-0.1, -0.05) is 15.9 Å². The Hall–Kier alpha value is -1.59. The van der Waals surface area contributed by atoms with Crippen molar-refractivity contribution in [2.45, 2.75) is 19.6 Å². The molecular formula is C16H17BrFNO2. The number of halogens is 2. The number of rotatable bonds is 5. The highest BCUT2D eigenvalue weighted by atomic mass is 79.9. The second-order valence-corrected chi connectivity index (χ2v) is 5.57. The zero-order chi connectivity index (χ0) is 15.4. The molecule has 2 aromatic rings. The Bertz CT molecular complexity index is 632. The number of benzene rings is 2. The highest BCUT2D eigenvalue weighted by Gasteiger charge is 2.11. The van der Waals surface area contributed by atoms with Crippen LogP contribution in [0.1, 0.15) is 24.1 Å². The lowest BCUT2D eigenvalue weighted by Crippen LogP contribution is -2.08. The number of nitrogens with two attached hydrogens (primary N) is 1. The maximum atomic E-state index is 13.3. The van der Waals surface area contributed by atoms with Crippen LogP contribution in [0.25, 0.3) is 0 Å². The molecule has 3 nitrogen and oxygen atoms in total. The van der Waals surface area contributed by atoms with E-state index in [0.29, 0.717) is 17.9 Å². The van der Waals surface area contributed by atoms with Crippen molar-refractivity contribution < 1.29 is 13.9 Å². The van der Waals surface area contributed by atoms with Crippen molar-refractivity contribution in [2.75, 3.05) is 7.11 Å². The molecule has 0 unspecified atom stereocenters. The molecule has 0 aliphatic heterocycles. The molecular weight excluding hydrogens is 337 g/mol. The minimum Gasteiger partial charge on any atom is -0.497 e. The SMILES string of the molecule is COc1ccc(Br)c(COc2ccc(F)cc2[C@@H](C)N)c1. The van der Waals surface area contributed by atoms with Crippen LogP contribution in [-0.4, -0.2) is 7.11 Å². The van der Waals surface area contributed by atoms with Crippen LogP contribution in [0.3, 0.4) is 0 Å². The van der Waals surface area contributed by atoms with Crippen molar-refractivity contribution in [3.05, 3.63) is 57.8 Å². The van der Waals surface area contributed by atoms with Crippen molar-refractivity contribution in [1.82, 2.24) is 0 Å². The Kier molecular flexibility index (Phi) is 5.20. The second kappa shape index (κ2) is 6.91. The van der Waals surface area contributed by atoms with Gasteiger partial charge in [-0.05, 0) is 43.3 Å². The first kappa shape index (κ1) is 15.8. The van der Waals surface area contributed by atoms with Crippen molar-refractivity contribution in [3.8, 4) is 11.5 Å². The van der Waals surface area contributed by atoms with E-state index in [9.17, 15) is 4.39 Å². The molecule has 2 N–H and O–H groups in total. The fraction of sp³-hybridized carbons (Fsp3) is 0.250.